The van der Waals surface area contributed by atoms with E-state index >= 15 is 0 Å². The highest BCUT2D eigenvalue weighted by atomic mass is 16.5. The van der Waals surface area contributed by atoms with Gasteiger partial charge in [-0.1, -0.05) is 309 Å². The molecule has 0 atom stereocenters. The zero-order valence-corrected chi connectivity index (χ0v) is 63.0. The number of anilines is 3. The van der Waals surface area contributed by atoms with Crippen LogP contribution >= 0.6 is 0 Å². The van der Waals surface area contributed by atoms with E-state index in [4.69, 9.17) is 9.15 Å². The van der Waals surface area contributed by atoms with Crippen LogP contribution in [0.15, 0.2) is 423 Å². The van der Waals surface area contributed by atoms with Gasteiger partial charge in [0.15, 0.2) is 11.5 Å². The van der Waals surface area contributed by atoms with Gasteiger partial charge in [-0.15, -0.1) is 0 Å². The summed E-state index contributed by atoms with van der Waals surface area (Å²) in [5, 5.41) is 7.49. The molecule has 0 fully saturated rings. The largest absolute Gasteiger partial charge is 0.456 e. The summed E-state index contributed by atoms with van der Waals surface area (Å²) in [7, 11) is 0. The maximum absolute atomic E-state index is 6.18. The predicted octanol–water partition coefficient (Wildman–Crippen LogP) is 30.7. The summed E-state index contributed by atoms with van der Waals surface area (Å²) >= 11 is 0. The molecule has 0 spiro atoms. The summed E-state index contributed by atoms with van der Waals surface area (Å²) in [6.45, 7) is 6.51. The van der Waals surface area contributed by atoms with E-state index in [2.05, 4.69) is 412 Å². The lowest BCUT2D eigenvalue weighted by molar-refractivity contribution is 0.477. The van der Waals surface area contributed by atoms with Gasteiger partial charge >= 0.3 is 0 Å². The van der Waals surface area contributed by atoms with Crippen LogP contribution in [0, 0.1) is 20.8 Å². The molecule has 0 amide bonds. The highest BCUT2D eigenvalue weighted by Gasteiger charge is 2.26. The Bertz CT molecular complexity index is 6850. The van der Waals surface area contributed by atoms with Gasteiger partial charge in [0, 0.05) is 32.9 Å². The third-order valence-electron chi connectivity index (χ3n) is 21.8. The molecule has 4 heteroatoms. The summed E-state index contributed by atoms with van der Waals surface area (Å²) in [4.78, 5) is 2.27. The van der Waals surface area contributed by atoms with E-state index in [1.807, 2.05) is 36.4 Å². The van der Waals surface area contributed by atoms with Crippen LogP contribution in [0.4, 0.5) is 17.1 Å². The van der Waals surface area contributed by atoms with Crippen LogP contribution in [0.2, 0.25) is 0 Å². The Labute approximate surface area is 659 Å². The molecule has 0 N–H and O–H groups in total. The van der Waals surface area contributed by atoms with Crippen molar-refractivity contribution in [3.05, 3.63) is 435 Å². The first-order valence-electron chi connectivity index (χ1n) is 38.7. The van der Waals surface area contributed by atoms with Crippen LogP contribution in [0.5, 0.6) is 11.5 Å². The van der Waals surface area contributed by atoms with Gasteiger partial charge in [0.05, 0.1) is 22.4 Å². The second-order valence-corrected chi connectivity index (χ2v) is 29.4. The van der Waals surface area contributed by atoms with Crippen molar-refractivity contribution in [2.24, 2.45) is 0 Å². The molecule has 3 heterocycles. The first-order chi connectivity index (χ1) is 55.7. The van der Waals surface area contributed by atoms with Gasteiger partial charge in [-0.3, -0.25) is 0 Å². The molecule has 2 aromatic heterocycles. The number of hydrogen-bond acceptors (Lipinski definition) is 3. The lowest BCUT2D eigenvalue weighted by Gasteiger charge is -2.32. The summed E-state index contributed by atoms with van der Waals surface area (Å²) in [5.41, 5.74) is 34.5. The molecule has 0 aliphatic carbocycles. The number of benzene rings is 18. The minimum atomic E-state index is 0.862. The van der Waals surface area contributed by atoms with Crippen molar-refractivity contribution in [3.8, 4) is 117 Å². The minimum Gasteiger partial charge on any atom is -0.456 e. The van der Waals surface area contributed by atoms with Gasteiger partial charge < -0.3 is 18.6 Å². The van der Waals surface area contributed by atoms with Crippen molar-refractivity contribution in [1.29, 1.82) is 0 Å². The zero-order chi connectivity index (χ0) is 75.7. The molecule has 113 heavy (non-hydrogen) atoms. The monoisotopic (exact) mass is 1450 g/mol. The van der Waals surface area contributed by atoms with Gasteiger partial charge in [-0.05, 0) is 258 Å². The Hall–Kier alpha value is -14.6. The number of furan rings is 1. The Morgan fingerprint density at radius 1 is 0.204 bits per heavy atom. The van der Waals surface area contributed by atoms with Gasteiger partial charge in [0.1, 0.15) is 11.2 Å². The molecular formula is C109H78N2O2. The average molecular weight is 1450 g/mol. The Kier molecular flexibility index (Phi) is 18.4. The van der Waals surface area contributed by atoms with Crippen molar-refractivity contribution in [3.63, 3.8) is 0 Å². The summed E-state index contributed by atoms with van der Waals surface area (Å²) in [6.07, 6.45) is 0. The second kappa shape index (κ2) is 30.1. The Morgan fingerprint density at radius 3 is 1.06 bits per heavy atom. The number of ether oxygens (including phenoxy) is 1. The highest BCUT2D eigenvalue weighted by molar-refractivity contribution is 6.21. The standard InChI is InChI=1S/C41H29N.C37H27NO.C31H22O/c1-28-24-34(29-10-3-2-4-11-29)27-35(25-28)33-14-9-13-32(26-33)30-18-21-36(22-19-30)42-39-17-8-7-16-38(39)41-37-15-6-5-12-31(37)20-23-40(41)42;1-26-22-31(27-10-3-2-4-11-27)25-32(23-26)30-13-9-12-29(24-30)28-18-20-33(21-19-28)38-34-14-5-7-16-36(34)39-37-17-8-6-15-35(37)38;1-21-17-26(22-7-3-2-4-8-22)19-27(18-21)24-13-11-23(12-14-24)25-15-16-31-29(20-25)28-9-5-6-10-30(28)32-31/h2-27H,1H3;2-25H,1H3;2-20H,1H3. The molecule has 4 nitrogen and oxygen atoms in total. The van der Waals surface area contributed by atoms with Crippen LogP contribution in [-0.4, -0.2) is 4.57 Å². The average Bonchev–Trinajstić information content (AvgIpc) is 1.72. The molecule has 20 aromatic rings. The molecule has 1 aliphatic heterocycles. The van der Waals surface area contributed by atoms with Crippen molar-refractivity contribution < 1.29 is 9.15 Å². The first-order valence-corrected chi connectivity index (χ1v) is 38.7. The molecule has 18 aromatic carbocycles. The first kappa shape index (κ1) is 68.9. The fourth-order valence-corrected chi connectivity index (χ4v) is 16.4. The fourth-order valence-electron chi connectivity index (χ4n) is 16.4. The minimum absolute atomic E-state index is 0.862. The summed E-state index contributed by atoms with van der Waals surface area (Å²) < 4.78 is 14.6. The molecule has 0 saturated heterocycles. The quantitative estimate of drug-likeness (QED) is 0.129. The number of hydrogen-bond donors (Lipinski definition) is 0. The highest BCUT2D eigenvalue weighted by Crippen LogP contribution is 2.51. The maximum Gasteiger partial charge on any atom is 0.151 e. The third-order valence-corrected chi connectivity index (χ3v) is 21.8. The van der Waals surface area contributed by atoms with Crippen LogP contribution in [0.3, 0.4) is 0 Å². The molecule has 0 bridgehead atoms. The lowest BCUT2D eigenvalue weighted by atomic mass is 9.94. The van der Waals surface area contributed by atoms with Gasteiger partial charge in [-0.25, -0.2) is 0 Å². The second-order valence-electron chi connectivity index (χ2n) is 29.4. The smallest absolute Gasteiger partial charge is 0.151 e. The van der Waals surface area contributed by atoms with E-state index in [9.17, 15) is 0 Å². The van der Waals surface area contributed by atoms with Crippen LogP contribution in [0.1, 0.15) is 16.7 Å². The van der Waals surface area contributed by atoms with Crippen molar-refractivity contribution in [1.82, 2.24) is 4.57 Å². The third kappa shape index (κ3) is 13.9. The van der Waals surface area contributed by atoms with Crippen molar-refractivity contribution in [2.45, 2.75) is 20.8 Å². The zero-order valence-electron chi connectivity index (χ0n) is 63.0. The number of fused-ring (bicyclic) bond motifs is 10. The molecule has 0 saturated carbocycles. The van der Waals surface area contributed by atoms with Crippen LogP contribution in [-0.2, 0) is 0 Å². The van der Waals surface area contributed by atoms with Crippen LogP contribution < -0.4 is 9.64 Å². The number of para-hydroxylation sites is 6. The number of aryl methyl sites for hydroxylation is 3. The van der Waals surface area contributed by atoms with E-state index in [1.165, 1.54) is 155 Å². The number of nitrogens with zero attached hydrogens (tertiary/aromatic N) is 2. The van der Waals surface area contributed by atoms with E-state index in [1.54, 1.807) is 0 Å². The van der Waals surface area contributed by atoms with E-state index < -0.39 is 0 Å². The topological polar surface area (TPSA) is 30.5 Å². The molecule has 0 radical (unpaired) electrons. The van der Waals surface area contributed by atoms with Crippen LogP contribution in [0.25, 0.3) is 160 Å². The lowest BCUT2D eigenvalue weighted by Crippen LogP contribution is -2.15. The predicted molar refractivity (Wildman–Crippen MR) is 476 cm³/mol. The van der Waals surface area contributed by atoms with E-state index in [0.717, 1.165) is 50.5 Å². The molecule has 21 rings (SSSR count). The molecule has 536 valence electrons. The molecule has 1 aliphatic rings. The fraction of sp³-hybridized carbons (Fsp3) is 0.0275. The molecule has 0 unspecified atom stereocenters. The van der Waals surface area contributed by atoms with Gasteiger partial charge in [0.2, 0.25) is 0 Å². The molecular weight excluding hydrogens is 1370 g/mol. The maximum atomic E-state index is 6.18. The normalized spacial score (nSPS) is 11.5. The Balaban J connectivity index is 0.000000115. The van der Waals surface area contributed by atoms with Gasteiger partial charge in [-0.2, -0.15) is 0 Å². The summed E-state index contributed by atoms with van der Waals surface area (Å²) in [6, 6.07) is 150. The van der Waals surface area contributed by atoms with Gasteiger partial charge in [0.25, 0.3) is 0 Å². The number of aromatic nitrogens is 1. The van der Waals surface area contributed by atoms with E-state index in [-0.39, 0.29) is 0 Å². The Morgan fingerprint density at radius 2 is 0.549 bits per heavy atom. The number of rotatable bonds is 11. The SMILES string of the molecule is Cc1cc(-c2ccccc2)cc(-c2ccc(-c3ccc4oc5ccccc5c4c3)cc2)c1.Cc1cc(-c2ccccc2)cc(-c2cccc(-c3ccc(-n4c5ccccc5c5c6ccccc6ccc54)cc3)c2)c1.Cc1cc(-c2ccccc2)cc(-c2cccc(-c3ccc(N4c5ccccc5Oc5ccccc54)cc3)c2)c1. The van der Waals surface area contributed by atoms with Crippen molar-refractivity contribution >= 4 is 71.6 Å². The van der Waals surface area contributed by atoms with E-state index in [0.29, 0.717) is 0 Å². The summed E-state index contributed by atoms with van der Waals surface area (Å²) in [5.74, 6) is 1.72. The van der Waals surface area contributed by atoms with Crippen molar-refractivity contribution in [2.75, 3.05) is 4.90 Å².